The number of nitro groups is 2. The first-order valence-electron chi connectivity index (χ1n) is 8.06. The minimum Gasteiger partial charge on any atom is -0.349 e. The zero-order valence-electron chi connectivity index (χ0n) is 14.5. The minimum absolute atomic E-state index is 0.0103. The number of carbonyl (C=O) groups is 1. The first kappa shape index (κ1) is 20.4. The van der Waals surface area contributed by atoms with Crippen LogP contribution < -0.4 is 5.32 Å². The normalized spacial score (nSPS) is 10.4. The standard InChI is InChI=1S/C19H11BrClN3O5/c20-11-5-7-16(14(9-11)19(25)13-3-1-2-4-15(13)21)22-17-8-6-12(23(26)27)10-18(17)24(28)29/h1-10,22H. The molecule has 0 aliphatic carbocycles. The van der Waals surface area contributed by atoms with Crippen molar-refractivity contribution in [2.75, 3.05) is 5.32 Å². The van der Waals surface area contributed by atoms with Gasteiger partial charge in [0.25, 0.3) is 11.4 Å². The fourth-order valence-corrected chi connectivity index (χ4v) is 3.22. The highest BCUT2D eigenvalue weighted by atomic mass is 79.9. The van der Waals surface area contributed by atoms with Crippen molar-refractivity contribution in [2.45, 2.75) is 0 Å². The monoisotopic (exact) mass is 475 g/mol. The first-order chi connectivity index (χ1) is 13.8. The van der Waals surface area contributed by atoms with Gasteiger partial charge in [-0.15, -0.1) is 0 Å². The third-order valence-corrected chi connectivity index (χ3v) is 4.83. The first-order valence-corrected chi connectivity index (χ1v) is 9.23. The second-order valence-corrected chi connectivity index (χ2v) is 7.16. The lowest BCUT2D eigenvalue weighted by Gasteiger charge is -2.13. The fourth-order valence-electron chi connectivity index (χ4n) is 2.64. The summed E-state index contributed by atoms with van der Waals surface area (Å²) in [5.41, 5.74) is -0.108. The minimum atomic E-state index is -0.732. The van der Waals surface area contributed by atoms with Crippen LogP contribution in [0, 0.1) is 20.2 Å². The van der Waals surface area contributed by atoms with Gasteiger partial charge in [-0.05, 0) is 36.4 Å². The van der Waals surface area contributed by atoms with E-state index in [-0.39, 0.29) is 33.3 Å². The van der Waals surface area contributed by atoms with Gasteiger partial charge in [-0.2, -0.15) is 0 Å². The number of rotatable bonds is 6. The molecule has 0 spiro atoms. The summed E-state index contributed by atoms with van der Waals surface area (Å²) in [6.45, 7) is 0. The van der Waals surface area contributed by atoms with Crippen molar-refractivity contribution < 1.29 is 14.6 Å². The second kappa shape index (κ2) is 8.38. The third kappa shape index (κ3) is 4.41. The van der Waals surface area contributed by atoms with Gasteiger partial charge in [0.1, 0.15) is 5.69 Å². The number of benzene rings is 3. The Kier molecular flexibility index (Phi) is 5.90. The number of halogens is 2. The summed E-state index contributed by atoms with van der Waals surface area (Å²) in [4.78, 5) is 33.9. The van der Waals surface area contributed by atoms with Gasteiger partial charge in [0.05, 0.1) is 20.9 Å². The molecule has 0 saturated heterocycles. The van der Waals surface area contributed by atoms with Gasteiger partial charge in [0.2, 0.25) is 0 Å². The maximum absolute atomic E-state index is 13.0. The van der Waals surface area contributed by atoms with Crippen molar-refractivity contribution in [1.29, 1.82) is 0 Å². The Bertz CT molecular complexity index is 1150. The Morgan fingerprint density at radius 1 is 0.897 bits per heavy atom. The molecule has 0 aromatic heterocycles. The van der Waals surface area contributed by atoms with Gasteiger partial charge in [-0.3, -0.25) is 25.0 Å². The number of carbonyl (C=O) groups excluding carboxylic acids is 1. The van der Waals surface area contributed by atoms with Gasteiger partial charge in [0.15, 0.2) is 5.78 Å². The molecule has 0 bridgehead atoms. The SMILES string of the molecule is O=C(c1ccccc1Cl)c1cc(Br)ccc1Nc1ccc([N+](=O)[O-])cc1[N+](=O)[O-]. The van der Waals surface area contributed by atoms with Crippen LogP contribution in [0.5, 0.6) is 0 Å². The van der Waals surface area contributed by atoms with Crippen molar-refractivity contribution in [3.8, 4) is 0 Å². The maximum Gasteiger partial charge on any atom is 0.299 e. The van der Waals surface area contributed by atoms with E-state index in [1.54, 1.807) is 42.5 Å². The number of hydrogen-bond donors (Lipinski definition) is 1. The molecule has 3 aromatic carbocycles. The predicted molar refractivity (Wildman–Crippen MR) is 112 cm³/mol. The van der Waals surface area contributed by atoms with E-state index in [2.05, 4.69) is 21.2 Å². The molecular formula is C19H11BrClN3O5. The van der Waals surface area contributed by atoms with Crippen LogP contribution in [0.2, 0.25) is 5.02 Å². The lowest BCUT2D eigenvalue weighted by Crippen LogP contribution is -2.07. The van der Waals surface area contributed by atoms with Crippen LogP contribution in [0.15, 0.2) is 65.1 Å². The van der Waals surface area contributed by atoms with Crippen molar-refractivity contribution in [3.63, 3.8) is 0 Å². The molecule has 10 heteroatoms. The molecule has 0 unspecified atom stereocenters. The molecule has 29 heavy (non-hydrogen) atoms. The van der Waals surface area contributed by atoms with Gasteiger partial charge in [0, 0.05) is 27.4 Å². The smallest absolute Gasteiger partial charge is 0.299 e. The molecule has 0 saturated carbocycles. The van der Waals surface area contributed by atoms with E-state index in [0.717, 1.165) is 12.1 Å². The number of nitro benzene ring substituents is 2. The lowest BCUT2D eigenvalue weighted by atomic mass is 10.0. The summed E-state index contributed by atoms with van der Waals surface area (Å²) >= 11 is 9.44. The molecule has 3 rings (SSSR count). The third-order valence-electron chi connectivity index (χ3n) is 4.00. The Labute approximate surface area is 177 Å². The zero-order chi connectivity index (χ0) is 21.1. The van der Waals surface area contributed by atoms with Gasteiger partial charge in [-0.1, -0.05) is 39.7 Å². The number of hydrogen-bond acceptors (Lipinski definition) is 6. The van der Waals surface area contributed by atoms with E-state index >= 15 is 0 Å². The average Bonchev–Trinajstić information content (AvgIpc) is 2.69. The topological polar surface area (TPSA) is 115 Å². The molecule has 0 fully saturated rings. The largest absolute Gasteiger partial charge is 0.349 e. The van der Waals surface area contributed by atoms with Gasteiger partial charge < -0.3 is 5.32 Å². The van der Waals surface area contributed by atoms with Crippen molar-refractivity contribution >= 4 is 56.1 Å². The molecule has 0 aliphatic rings. The Morgan fingerprint density at radius 2 is 1.59 bits per heavy atom. The second-order valence-electron chi connectivity index (χ2n) is 5.84. The Balaban J connectivity index is 2.08. The zero-order valence-corrected chi connectivity index (χ0v) is 16.8. The molecular weight excluding hydrogens is 466 g/mol. The van der Waals surface area contributed by atoms with Crippen LogP contribution in [0.4, 0.5) is 22.7 Å². The van der Waals surface area contributed by atoms with Crippen LogP contribution in [0.25, 0.3) is 0 Å². The van der Waals surface area contributed by atoms with E-state index in [1.165, 1.54) is 6.07 Å². The van der Waals surface area contributed by atoms with Gasteiger partial charge in [-0.25, -0.2) is 0 Å². The molecule has 0 aliphatic heterocycles. The molecule has 3 aromatic rings. The highest BCUT2D eigenvalue weighted by molar-refractivity contribution is 9.10. The van der Waals surface area contributed by atoms with E-state index < -0.39 is 21.2 Å². The van der Waals surface area contributed by atoms with Crippen LogP contribution in [0.3, 0.4) is 0 Å². The van der Waals surface area contributed by atoms with Crippen molar-refractivity contribution in [3.05, 3.63) is 102 Å². The molecule has 0 radical (unpaired) electrons. The highest BCUT2D eigenvalue weighted by Gasteiger charge is 2.22. The molecule has 8 nitrogen and oxygen atoms in total. The van der Waals surface area contributed by atoms with E-state index in [4.69, 9.17) is 11.6 Å². The number of non-ortho nitro benzene ring substituents is 1. The summed E-state index contributed by atoms with van der Waals surface area (Å²) in [7, 11) is 0. The summed E-state index contributed by atoms with van der Waals surface area (Å²) < 4.78 is 0.622. The van der Waals surface area contributed by atoms with Crippen LogP contribution in [-0.2, 0) is 0 Å². The fraction of sp³-hybridized carbons (Fsp3) is 0. The molecule has 1 N–H and O–H groups in total. The Morgan fingerprint density at radius 3 is 2.24 bits per heavy atom. The van der Waals surface area contributed by atoms with Crippen molar-refractivity contribution in [2.24, 2.45) is 0 Å². The highest BCUT2D eigenvalue weighted by Crippen LogP contribution is 2.34. The maximum atomic E-state index is 13.0. The average molecular weight is 477 g/mol. The van der Waals surface area contributed by atoms with Crippen LogP contribution in [-0.4, -0.2) is 15.6 Å². The summed E-state index contributed by atoms with van der Waals surface area (Å²) in [6.07, 6.45) is 0. The van der Waals surface area contributed by atoms with Crippen molar-refractivity contribution in [1.82, 2.24) is 0 Å². The van der Waals surface area contributed by atoms with E-state index in [0.29, 0.717) is 4.47 Å². The molecule has 0 atom stereocenters. The quantitative estimate of drug-likeness (QED) is 0.269. The van der Waals surface area contributed by atoms with E-state index in [1.807, 2.05) is 0 Å². The van der Waals surface area contributed by atoms with Crippen LogP contribution >= 0.6 is 27.5 Å². The van der Waals surface area contributed by atoms with Gasteiger partial charge >= 0.3 is 0 Å². The number of anilines is 2. The predicted octanol–water partition coefficient (Wildman–Crippen LogP) is 5.89. The summed E-state index contributed by atoms with van der Waals surface area (Å²) in [5, 5.41) is 25.4. The summed E-state index contributed by atoms with van der Waals surface area (Å²) in [5.74, 6) is -0.385. The Hall–Kier alpha value is -3.30. The lowest BCUT2D eigenvalue weighted by molar-refractivity contribution is -0.393. The number of ketones is 1. The van der Waals surface area contributed by atoms with Crippen LogP contribution in [0.1, 0.15) is 15.9 Å². The molecule has 0 heterocycles. The number of nitrogens with one attached hydrogen (secondary N) is 1. The number of nitrogens with zero attached hydrogens (tertiary/aromatic N) is 2. The van der Waals surface area contributed by atoms with E-state index in [9.17, 15) is 25.0 Å². The molecule has 146 valence electrons. The summed E-state index contributed by atoms with van der Waals surface area (Å²) in [6, 6.07) is 14.5. The molecule has 0 amide bonds.